The van der Waals surface area contributed by atoms with Crippen LogP contribution in [0.1, 0.15) is 52.9 Å². The Morgan fingerprint density at radius 2 is 2.07 bits per heavy atom. The van der Waals surface area contributed by atoms with Crippen molar-refractivity contribution in [1.82, 2.24) is 4.90 Å². The molecule has 0 amide bonds. The van der Waals surface area contributed by atoms with Crippen molar-refractivity contribution in [3.8, 4) is 0 Å². The van der Waals surface area contributed by atoms with Gasteiger partial charge < -0.3 is 14.9 Å². The number of carbonyl (C=O) groups excluding carboxylic acids is 1. The summed E-state index contributed by atoms with van der Waals surface area (Å²) in [5, 5.41) is 22.8. The van der Waals surface area contributed by atoms with Crippen LogP contribution in [0.2, 0.25) is 0 Å². The highest BCUT2D eigenvalue weighted by Gasteiger charge is 2.85. The van der Waals surface area contributed by atoms with E-state index in [2.05, 4.69) is 25.3 Å². The minimum absolute atomic E-state index is 0.0217. The zero-order valence-corrected chi connectivity index (χ0v) is 17.9. The number of ether oxygens (including phenoxy) is 1. The zero-order chi connectivity index (χ0) is 20.5. The summed E-state index contributed by atoms with van der Waals surface area (Å²) in [5.74, 6) is 0.875. The number of fused-ring (bicyclic) bond motifs is 1. The number of carbonyl (C=O) groups is 1. The molecule has 29 heavy (non-hydrogen) atoms. The quantitative estimate of drug-likeness (QED) is 0.549. The van der Waals surface area contributed by atoms with E-state index in [-0.39, 0.29) is 46.3 Å². The summed E-state index contributed by atoms with van der Waals surface area (Å²) >= 11 is 0. The molecule has 11 atom stereocenters. The fraction of sp³-hybridized carbons (Fsp3) is 0.875. The molecular formula is C24H35NO4. The van der Waals surface area contributed by atoms with Crippen LogP contribution in [0.25, 0.3) is 0 Å². The lowest BCUT2D eigenvalue weighted by Gasteiger charge is -2.65. The van der Waals surface area contributed by atoms with Crippen LogP contribution in [0.15, 0.2) is 12.2 Å². The van der Waals surface area contributed by atoms with Crippen LogP contribution in [-0.2, 0) is 9.53 Å². The molecule has 5 heteroatoms. The molecule has 1 heterocycles. The Balaban J connectivity index is 1.58. The number of aliphatic hydroxyl groups excluding tert-OH is 2. The number of hydrogen-bond acceptors (Lipinski definition) is 5. The summed E-state index contributed by atoms with van der Waals surface area (Å²) in [4.78, 5) is 14.7. The number of hydrogen-bond donors (Lipinski definition) is 2. The van der Waals surface area contributed by atoms with Gasteiger partial charge in [0.2, 0.25) is 0 Å². The van der Waals surface area contributed by atoms with Crippen LogP contribution >= 0.6 is 0 Å². The molecule has 0 unspecified atom stereocenters. The molecule has 2 N–H and O–H groups in total. The molecule has 5 nitrogen and oxygen atoms in total. The first kappa shape index (κ1) is 18.8. The number of aliphatic hydroxyl groups is 2. The van der Waals surface area contributed by atoms with E-state index in [0.717, 1.165) is 50.8 Å². The molecule has 5 aliphatic carbocycles. The fourth-order valence-electron chi connectivity index (χ4n) is 10.3. The second-order valence-electron chi connectivity index (χ2n) is 11.5. The van der Waals surface area contributed by atoms with Crippen LogP contribution < -0.4 is 0 Å². The highest BCUT2D eigenvalue weighted by Crippen LogP contribution is 2.83. The third-order valence-corrected chi connectivity index (χ3v) is 10.8. The maximum absolute atomic E-state index is 12.1. The predicted octanol–water partition coefficient (Wildman–Crippen LogP) is 2.36. The van der Waals surface area contributed by atoms with E-state index in [4.69, 9.17) is 4.74 Å². The minimum Gasteiger partial charge on any atom is -0.457 e. The fourth-order valence-corrected chi connectivity index (χ4v) is 10.3. The summed E-state index contributed by atoms with van der Waals surface area (Å²) in [7, 11) is 0. The van der Waals surface area contributed by atoms with Crippen molar-refractivity contribution in [3.63, 3.8) is 0 Å². The van der Waals surface area contributed by atoms with Crippen molar-refractivity contribution in [2.24, 2.45) is 39.9 Å². The predicted molar refractivity (Wildman–Crippen MR) is 108 cm³/mol. The van der Waals surface area contributed by atoms with Gasteiger partial charge in [-0.1, -0.05) is 20.4 Å². The van der Waals surface area contributed by atoms with Gasteiger partial charge in [-0.05, 0) is 67.4 Å². The van der Waals surface area contributed by atoms with E-state index < -0.39 is 6.10 Å². The first-order valence-corrected chi connectivity index (χ1v) is 11.7. The van der Waals surface area contributed by atoms with Crippen LogP contribution in [0.5, 0.6) is 0 Å². The first-order valence-electron chi connectivity index (χ1n) is 11.7. The summed E-state index contributed by atoms with van der Waals surface area (Å²) in [6.07, 6.45) is 3.58. The average Bonchev–Trinajstić information content (AvgIpc) is 3.19. The van der Waals surface area contributed by atoms with E-state index in [1.807, 2.05) is 0 Å². The molecule has 1 aliphatic heterocycles. The maximum atomic E-state index is 12.1. The highest BCUT2D eigenvalue weighted by molar-refractivity contribution is 5.67. The van der Waals surface area contributed by atoms with Gasteiger partial charge >= 0.3 is 5.97 Å². The van der Waals surface area contributed by atoms with Crippen molar-refractivity contribution in [2.75, 3.05) is 13.1 Å². The van der Waals surface area contributed by atoms with E-state index >= 15 is 0 Å². The second-order valence-corrected chi connectivity index (χ2v) is 11.5. The molecule has 0 radical (unpaired) electrons. The number of rotatable bonds is 2. The van der Waals surface area contributed by atoms with Gasteiger partial charge in [-0.2, -0.15) is 0 Å². The van der Waals surface area contributed by atoms with E-state index in [9.17, 15) is 15.0 Å². The molecule has 7 bridgehead atoms. The molecule has 0 aromatic heterocycles. The van der Waals surface area contributed by atoms with Gasteiger partial charge in [0.25, 0.3) is 0 Å². The lowest BCUT2D eigenvalue weighted by molar-refractivity contribution is -0.220. The largest absolute Gasteiger partial charge is 0.457 e. The van der Waals surface area contributed by atoms with Gasteiger partial charge in [0.05, 0.1) is 12.2 Å². The lowest BCUT2D eigenvalue weighted by atomic mass is 9.43. The number of esters is 1. The SMILES string of the molecule is C=C1[C@H]2C[C@@]3([C@@H]1OC(C)=O)[C@@H](C[C@@H]2O)[C@]12[C@@H]4C[C@H]3[C@H]1N(CC)C[C@]4(C)CC[C@@H]2O. The van der Waals surface area contributed by atoms with Gasteiger partial charge in [-0.3, -0.25) is 9.69 Å². The molecule has 160 valence electrons. The highest BCUT2D eigenvalue weighted by atomic mass is 16.5. The molecule has 6 aliphatic rings. The minimum atomic E-state index is -0.439. The van der Waals surface area contributed by atoms with E-state index in [1.54, 1.807) is 0 Å². The van der Waals surface area contributed by atoms with Gasteiger partial charge in [0.1, 0.15) is 6.10 Å². The second kappa shape index (κ2) is 5.46. The molecule has 0 aromatic rings. The van der Waals surface area contributed by atoms with Crippen molar-refractivity contribution >= 4 is 5.97 Å². The molecule has 6 fully saturated rings. The third kappa shape index (κ3) is 1.81. The molecule has 6 rings (SSSR count). The Labute approximate surface area is 173 Å². The lowest BCUT2D eigenvalue weighted by Crippen LogP contribution is -2.68. The summed E-state index contributed by atoms with van der Waals surface area (Å²) in [6, 6.07) is 0.334. The van der Waals surface area contributed by atoms with E-state index in [0.29, 0.717) is 17.9 Å². The van der Waals surface area contributed by atoms with Gasteiger partial charge in [0.15, 0.2) is 0 Å². The molecule has 2 spiro atoms. The molecular weight excluding hydrogens is 366 g/mol. The summed E-state index contributed by atoms with van der Waals surface area (Å²) in [6.45, 7) is 12.6. The Morgan fingerprint density at radius 3 is 2.76 bits per heavy atom. The Kier molecular flexibility index (Phi) is 3.55. The summed E-state index contributed by atoms with van der Waals surface area (Å²) in [5.41, 5.74) is 0.812. The van der Waals surface area contributed by atoms with Crippen LogP contribution in [-0.4, -0.2) is 58.5 Å². The Hall–Kier alpha value is -0.910. The standard InChI is InChI=1S/C24H35NO4/c1-5-25-11-22(4)7-6-19(28)24-17(22)8-15(20(24)25)23-10-14(16(27)9-18(23)24)12(2)21(23)29-13(3)26/h14-21,27-28H,2,5-11H2,1,3-4H3/t14-,15+,16+,17-,18-,19+,20-,21-,22+,23+,24+/m1/s1. The smallest absolute Gasteiger partial charge is 0.303 e. The maximum Gasteiger partial charge on any atom is 0.303 e. The first-order chi connectivity index (χ1) is 13.7. The van der Waals surface area contributed by atoms with Crippen LogP contribution in [0.3, 0.4) is 0 Å². The normalized spacial score (nSPS) is 59.7. The Morgan fingerprint density at radius 1 is 1.31 bits per heavy atom. The summed E-state index contributed by atoms with van der Waals surface area (Å²) < 4.78 is 6.01. The van der Waals surface area contributed by atoms with Crippen molar-refractivity contribution in [2.45, 2.75) is 77.2 Å². The van der Waals surface area contributed by atoms with Crippen molar-refractivity contribution in [1.29, 1.82) is 0 Å². The number of piperidine rings is 1. The van der Waals surface area contributed by atoms with Gasteiger partial charge in [0, 0.05) is 36.3 Å². The van der Waals surface area contributed by atoms with Crippen molar-refractivity contribution < 1.29 is 19.7 Å². The monoisotopic (exact) mass is 401 g/mol. The zero-order valence-electron chi connectivity index (χ0n) is 17.9. The van der Waals surface area contributed by atoms with Crippen LogP contribution in [0.4, 0.5) is 0 Å². The average molecular weight is 402 g/mol. The van der Waals surface area contributed by atoms with E-state index in [1.165, 1.54) is 6.92 Å². The van der Waals surface area contributed by atoms with Crippen molar-refractivity contribution in [3.05, 3.63) is 12.2 Å². The van der Waals surface area contributed by atoms with Crippen LogP contribution in [0, 0.1) is 39.9 Å². The number of likely N-dealkylation sites (tertiary alicyclic amines) is 1. The number of nitrogens with zero attached hydrogens (tertiary/aromatic N) is 1. The van der Waals surface area contributed by atoms with Gasteiger partial charge in [-0.15, -0.1) is 0 Å². The topological polar surface area (TPSA) is 70.0 Å². The van der Waals surface area contributed by atoms with Gasteiger partial charge in [-0.25, -0.2) is 0 Å². The molecule has 5 saturated carbocycles. The molecule has 0 aromatic carbocycles. The Bertz CT molecular complexity index is 798. The third-order valence-electron chi connectivity index (χ3n) is 10.8. The molecule has 1 saturated heterocycles.